The molecule has 0 radical (unpaired) electrons. The topological polar surface area (TPSA) is 72.0 Å². The van der Waals surface area contributed by atoms with Crippen LogP contribution in [0.4, 0.5) is 5.82 Å². The number of nitrogens with zero attached hydrogens (tertiary/aromatic N) is 2. The lowest BCUT2D eigenvalue weighted by molar-refractivity contribution is 0.602. The molecule has 2 heterocycles. The van der Waals surface area contributed by atoms with Crippen molar-refractivity contribution in [3.8, 4) is 10.4 Å². The minimum absolute atomic E-state index is 0.320. The van der Waals surface area contributed by atoms with Crippen LogP contribution in [0, 0.1) is 0 Å². The summed E-state index contributed by atoms with van der Waals surface area (Å²) < 4.78 is 23.1. The van der Waals surface area contributed by atoms with E-state index in [2.05, 4.69) is 33.5 Å². The number of anilines is 1. The third-order valence-corrected chi connectivity index (χ3v) is 6.42. The molecule has 5 nitrogen and oxygen atoms in total. The van der Waals surface area contributed by atoms with Crippen LogP contribution in [0.5, 0.6) is 0 Å². The number of nitrogens with one attached hydrogen (secondary N) is 1. The summed E-state index contributed by atoms with van der Waals surface area (Å²) in [7, 11) is -3.18. The maximum absolute atomic E-state index is 11.6. The Hall–Kier alpha value is -2.77. The van der Waals surface area contributed by atoms with Gasteiger partial charge in [-0.25, -0.2) is 18.4 Å². The van der Waals surface area contributed by atoms with Crippen molar-refractivity contribution in [2.45, 2.75) is 11.4 Å². The third-order valence-electron chi connectivity index (χ3n) is 4.20. The van der Waals surface area contributed by atoms with Crippen LogP contribution in [-0.4, -0.2) is 24.6 Å². The number of thiophene rings is 1. The van der Waals surface area contributed by atoms with E-state index in [4.69, 9.17) is 0 Å². The highest BCUT2D eigenvalue weighted by Crippen LogP contribution is 2.34. The molecule has 7 heteroatoms. The van der Waals surface area contributed by atoms with Crippen LogP contribution in [0.2, 0.25) is 0 Å². The molecule has 0 spiro atoms. The fourth-order valence-corrected chi connectivity index (χ4v) is 4.42. The van der Waals surface area contributed by atoms with Gasteiger partial charge in [-0.1, -0.05) is 42.5 Å². The average Bonchev–Trinajstić information content (AvgIpc) is 3.12. The molecule has 0 unspecified atom stereocenters. The predicted octanol–water partition coefficient (Wildman–Crippen LogP) is 4.37. The Labute approximate surface area is 161 Å². The monoisotopic (exact) mass is 395 g/mol. The summed E-state index contributed by atoms with van der Waals surface area (Å²) in [5, 5.41) is 4.31. The van der Waals surface area contributed by atoms with Crippen molar-refractivity contribution >= 4 is 37.2 Å². The van der Waals surface area contributed by atoms with Crippen molar-refractivity contribution in [1.82, 2.24) is 9.97 Å². The normalized spacial score (nSPS) is 11.6. The van der Waals surface area contributed by atoms with Crippen molar-refractivity contribution in [3.05, 3.63) is 72.6 Å². The molecule has 0 saturated carbocycles. The third kappa shape index (κ3) is 3.84. The van der Waals surface area contributed by atoms with Crippen molar-refractivity contribution in [1.29, 1.82) is 0 Å². The van der Waals surface area contributed by atoms with Gasteiger partial charge in [0.25, 0.3) is 0 Å². The number of hydrogen-bond donors (Lipinski definition) is 1. The molecule has 136 valence electrons. The van der Waals surface area contributed by atoms with E-state index < -0.39 is 9.84 Å². The first-order valence-electron chi connectivity index (χ1n) is 8.33. The van der Waals surface area contributed by atoms with Crippen molar-refractivity contribution in [3.63, 3.8) is 0 Å². The van der Waals surface area contributed by atoms with Crippen molar-refractivity contribution in [2.24, 2.45) is 0 Å². The highest BCUT2D eigenvalue weighted by molar-refractivity contribution is 7.90. The number of rotatable bonds is 5. The summed E-state index contributed by atoms with van der Waals surface area (Å²) in [6, 6.07) is 19.2. The van der Waals surface area contributed by atoms with Gasteiger partial charge in [-0.2, -0.15) is 0 Å². The average molecular weight is 396 g/mol. The van der Waals surface area contributed by atoms with Crippen molar-refractivity contribution < 1.29 is 8.42 Å². The summed E-state index contributed by atoms with van der Waals surface area (Å²) in [5.41, 5.74) is 2.13. The van der Waals surface area contributed by atoms with Gasteiger partial charge in [-0.15, -0.1) is 11.3 Å². The zero-order valence-corrected chi connectivity index (χ0v) is 16.2. The summed E-state index contributed by atoms with van der Waals surface area (Å²) in [5.74, 6) is 0.769. The maximum atomic E-state index is 11.6. The molecule has 1 N–H and O–H groups in total. The SMILES string of the molecule is CS(=O)(=O)c1ccc(CNc2ncnc3sc(-c4ccccc4)cc23)cc1. The molecule has 2 aromatic carbocycles. The Kier molecular flexibility index (Phi) is 4.63. The number of aromatic nitrogens is 2. The van der Waals surface area contributed by atoms with Gasteiger partial charge in [0.2, 0.25) is 0 Å². The zero-order valence-electron chi connectivity index (χ0n) is 14.6. The fourth-order valence-electron chi connectivity index (χ4n) is 2.78. The predicted molar refractivity (Wildman–Crippen MR) is 110 cm³/mol. The number of sulfone groups is 1. The van der Waals surface area contributed by atoms with Crippen LogP contribution in [-0.2, 0) is 16.4 Å². The summed E-state index contributed by atoms with van der Waals surface area (Å²) in [4.78, 5) is 11.2. The molecule has 0 aliphatic rings. The van der Waals surface area contributed by atoms with Crippen LogP contribution in [0.3, 0.4) is 0 Å². The van der Waals surface area contributed by atoms with Gasteiger partial charge in [0.1, 0.15) is 17.0 Å². The molecule has 4 aromatic rings. The second-order valence-electron chi connectivity index (χ2n) is 6.19. The second-order valence-corrected chi connectivity index (χ2v) is 9.23. The molecule has 4 rings (SSSR count). The van der Waals surface area contributed by atoms with Gasteiger partial charge in [0.15, 0.2) is 9.84 Å². The van der Waals surface area contributed by atoms with Gasteiger partial charge in [0.05, 0.1) is 10.3 Å². The Morgan fingerprint density at radius 3 is 2.44 bits per heavy atom. The zero-order chi connectivity index (χ0) is 18.9. The molecule has 0 saturated heterocycles. The maximum Gasteiger partial charge on any atom is 0.175 e. The Bertz CT molecular complexity index is 1190. The smallest absolute Gasteiger partial charge is 0.175 e. The van der Waals surface area contributed by atoms with Gasteiger partial charge in [0, 0.05) is 17.7 Å². The van der Waals surface area contributed by atoms with Gasteiger partial charge < -0.3 is 5.32 Å². The van der Waals surface area contributed by atoms with E-state index >= 15 is 0 Å². The lowest BCUT2D eigenvalue weighted by Crippen LogP contribution is -2.03. The number of benzene rings is 2. The molecular formula is C20H17N3O2S2. The van der Waals surface area contributed by atoms with E-state index in [9.17, 15) is 8.42 Å². The summed E-state index contributed by atoms with van der Waals surface area (Å²) in [6.45, 7) is 0.548. The van der Waals surface area contributed by atoms with Gasteiger partial charge in [-0.3, -0.25) is 0 Å². The summed E-state index contributed by atoms with van der Waals surface area (Å²) >= 11 is 1.63. The number of fused-ring (bicyclic) bond motifs is 1. The van der Waals surface area contributed by atoms with Crippen LogP contribution in [0.25, 0.3) is 20.7 Å². The van der Waals surface area contributed by atoms with Crippen LogP contribution >= 0.6 is 11.3 Å². The highest BCUT2D eigenvalue weighted by atomic mass is 32.2. The number of hydrogen-bond acceptors (Lipinski definition) is 6. The molecule has 0 fully saturated rings. The Balaban J connectivity index is 1.58. The second kappa shape index (κ2) is 7.09. The van der Waals surface area contributed by atoms with E-state index in [1.54, 1.807) is 29.8 Å². The highest BCUT2D eigenvalue weighted by Gasteiger charge is 2.10. The molecular weight excluding hydrogens is 378 g/mol. The molecule has 2 aromatic heterocycles. The van der Waals surface area contributed by atoms with Crippen molar-refractivity contribution in [2.75, 3.05) is 11.6 Å². The molecule has 0 bridgehead atoms. The Morgan fingerprint density at radius 2 is 1.74 bits per heavy atom. The minimum Gasteiger partial charge on any atom is -0.365 e. The molecule has 27 heavy (non-hydrogen) atoms. The van der Waals surface area contributed by atoms with Gasteiger partial charge in [-0.05, 0) is 29.3 Å². The fraction of sp³-hybridized carbons (Fsp3) is 0.100. The van der Waals surface area contributed by atoms with E-state index in [1.165, 1.54) is 6.26 Å². The van der Waals surface area contributed by atoms with E-state index in [0.717, 1.165) is 32.0 Å². The molecule has 0 aliphatic heterocycles. The standard InChI is InChI=1S/C20H17N3O2S2/c1-27(24,25)16-9-7-14(8-10-16)12-21-19-17-11-18(15-5-3-2-4-6-15)26-20(17)23-13-22-19/h2-11,13H,12H2,1H3,(H,21,22,23). The van der Waals surface area contributed by atoms with Gasteiger partial charge >= 0.3 is 0 Å². The summed E-state index contributed by atoms with van der Waals surface area (Å²) in [6.07, 6.45) is 2.77. The van der Waals surface area contributed by atoms with E-state index in [1.807, 2.05) is 30.3 Å². The first kappa shape index (κ1) is 17.6. The largest absolute Gasteiger partial charge is 0.365 e. The van der Waals surface area contributed by atoms with Crippen LogP contribution in [0.1, 0.15) is 5.56 Å². The quantitative estimate of drug-likeness (QED) is 0.543. The first-order valence-corrected chi connectivity index (χ1v) is 11.0. The lowest BCUT2D eigenvalue weighted by atomic mass is 10.2. The van der Waals surface area contributed by atoms with E-state index in [-0.39, 0.29) is 0 Å². The van der Waals surface area contributed by atoms with Crippen LogP contribution < -0.4 is 5.32 Å². The van der Waals surface area contributed by atoms with Crippen LogP contribution in [0.15, 0.2) is 71.9 Å². The first-order chi connectivity index (χ1) is 13.0. The van der Waals surface area contributed by atoms with E-state index in [0.29, 0.717) is 11.4 Å². The molecule has 0 amide bonds. The molecule has 0 aliphatic carbocycles. The Morgan fingerprint density at radius 1 is 1.00 bits per heavy atom. The lowest BCUT2D eigenvalue weighted by Gasteiger charge is -2.07. The molecule has 0 atom stereocenters. The minimum atomic E-state index is -3.18.